The highest BCUT2D eigenvalue weighted by molar-refractivity contribution is 5.99. The summed E-state index contributed by atoms with van der Waals surface area (Å²) in [6.07, 6.45) is 2.50. The molecule has 0 atom stereocenters. The molecule has 27 heavy (non-hydrogen) atoms. The quantitative estimate of drug-likeness (QED) is 0.478. The molecular weight excluding hydrogens is 338 g/mol. The molecule has 0 unspecified atom stereocenters. The summed E-state index contributed by atoms with van der Waals surface area (Å²) < 4.78 is 7.52. The molecule has 138 valence electrons. The molecular formula is C23H23NO3. The predicted octanol–water partition coefficient (Wildman–Crippen LogP) is 4.56. The van der Waals surface area contributed by atoms with Crippen molar-refractivity contribution in [3.8, 4) is 0 Å². The fourth-order valence-electron chi connectivity index (χ4n) is 3.83. The SMILES string of the molecule is Cc1cc(C(=O)COC(=O)Cc2cccc3ccccc23)c(C)n1C1CC1. The zero-order valence-corrected chi connectivity index (χ0v) is 15.7. The highest BCUT2D eigenvalue weighted by Gasteiger charge is 2.28. The maximum Gasteiger partial charge on any atom is 0.310 e. The van der Waals surface area contributed by atoms with Crippen LogP contribution in [-0.2, 0) is 16.0 Å². The van der Waals surface area contributed by atoms with E-state index in [-0.39, 0.29) is 24.8 Å². The van der Waals surface area contributed by atoms with Gasteiger partial charge >= 0.3 is 5.97 Å². The van der Waals surface area contributed by atoms with Crippen LogP contribution in [-0.4, -0.2) is 22.9 Å². The van der Waals surface area contributed by atoms with Crippen molar-refractivity contribution in [3.63, 3.8) is 0 Å². The van der Waals surface area contributed by atoms with E-state index >= 15 is 0 Å². The molecule has 1 heterocycles. The Morgan fingerprint density at radius 3 is 2.59 bits per heavy atom. The largest absolute Gasteiger partial charge is 0.457 e. The Morgan fingerprint density at radius 2 is 1.81 bits per heavy atom. The number of nitrogens with zero attached hydrogens (tertiary/aromatic N) is 1. The Morgan fingerprint density at radius 1 is 1.07 bits per heavy atom. The second-order valence-electron chi connectivity index (χ2n) is 7.28. The van der Waals surface area contributed by atoms with Crippen molar-refractivity contribution < 1.29 is 14.3 Å². The zero-order valence-electron chi connectivity index (χ0n) is 15.7. The van der Waals surface area contributed by atoms with Gasteiger partial charge in [-0.3, -0.25) is 9.59 Å². The summed E-state index contributed by atoms with van der Waals surface area (Å²) in [5, 5.41) is 2.13. The van der Waals surface area contributed by atoms with Crippen LogP contribution >= 0.6 is 0 Å². The number of fused-ring (bicyclic) bond motifs is 1. The number of aromatic nitrogens is 1. The van der Waals surface area contributed by atoms with Gasteiger partial charge in [0.05, 0.1) is 6.42 Å². The molecule has 0 spiro atoms. The summed E-state index contributed by atoms with van der Waals surface area (Å²) in [5.41, 5.74) is 3.65. The molecule has 0 bridgehead atoms. The van der Waals surface area contributed by atoms with E-state index < -0.39 is 0 Å². The summed E-state index contributed by atoms with van der Waals surface area (Å²) in [7, 11) is 0. The number of hydrogen-bond acceptors (Lipinski definition) is 3. The Labute approximate surface area is 158 Å². The molecule has 2 aromatic carbocycles. The molecule has 4 heteroatoms. The van der Waals surface area contributed by atoms with Gasteiger partial charge in [-0.1, -0.05) is 42.5 Å². The van der Waals surface area contributed by atoms with Crippen LogP contribution < -0.4 is 0 Å². The molecule has 0 aliphatic heterocycles. The zero-order chi connectivity index (χ0) is 19.0. The lowest BCUT2D eigenvalue weighted by molar-refractivity contribution is -0.141. The predicted molar refractivity (Wildman–Crippen MR) is 105 cm³/mol. The van der Waals surface area contributed by atoms with Gasteiger partial charge in [0.15, 0.2) is 6.61 Å². The van der Waals surface area contributed by atoms with Crippen LogP contribution in [0.25, 0.3) is 10.8 Å². The molecule has 0 N–H and O–H groups in total. The van der Waals surface area contributed by atoms with Gasteiger partial charge in [0.2, 0.25) is 5.78 Å². The molecule has 3 aromatic rings. The third kappa shape index (κ3) is 3.52. The first-order chi connectivity index (χ1) is 13.0. The molecule has 1 aliphatic rings. The number of rotatable bonds is 6. The second kappa shape index (κ2) is 7.03. The van der Waals surface area contributed by atoms with Crippen LogP contribution in [0.2, 0.25) is 0 Å². The minimum Gasteiger partial charge on any atom is -0.457 e. The van der Waals surface area contributed by atoms with E-state index in [1.54, 1.807) is 0 Å². The monoisotopic (exact) mass is 361 g/mol. The molecule has 1 fully saturated rings. The maximum absolute atomic E-state index is 12.6. The topological polar surface area (TPSA) is 48.3 Å². The number of Topliss-reactive ketones (excluding diaryl/α,β-unsaturated/α-hetero) is 1. The summed E-state index contributed by atoms with van der Waals surface area (Å²) in [5.74, 6) is -0.517. The highest BCUT2D eigenvalue weighted by Crippen LogP contribution is 2.38. The van der Waals surface area contributed by atoms with E-state index in [0.29, 0.717) is 11.6 Å². The molecule has 1 saturated carbocycles. The Hall–Kier alpha value is -2.88. The van der Waals surface area contributed by atoms with Crippen molar-refractivity contribution in [2.24, 2.45) is 0 Å². The van der Waals surface area contributed by atoms with E-state index in [1.165, 1.54) is 12.8 Å². The van der Waals surface area contributed by atoms with Crippen molar-refractivity contribution in [1.82, 2.24) is 4.57 Å². The average molecular weight is 361 g/mol. The summed E-state index contributed by atoms with van der Waals surface area (Å²) in [6, 6.07) is 16.3. The van der Waals surface area contributed by atoms with Crippen LogP contribution in [0.3, 0.4) is 0 Å². The van der Waals surface area contributed by atoms with Crippen molar-refractivity contribution in [2.75, 3.05) is 6.61 Å². The second-order valence-corrected chi connectivity index (χ2v) is 7.28. The van der Waals surface area contributed by atoms with E-state index in [1.807, 2.05) is 62.4 Å². The van der Waals surface area contributed by atoms with Gasteiger partial charge in [-0.25, -0.2) is 0 Å². The minimum atomic E-state index is -0.379. The van der Waals surface area contributed by atoms with Gasteiger partial charge in [-0.05, 0) is 49.1 Å². The first-order valence-corrected chi connectivity index (χ1v) is 9.38. The number of hydrogen-bond donors (Lipinski definition) is 0. The van der Waals surface area contributed by atoms with Crippen molar-refractivity contribution in [1.29, 1.82) is 0 Å². The van der Waals surface area contributed by atoms with E-state index in [4.69, 9.17) is 4.74 Å². The fourth-order valence-corrected chi connectivity index (χ4v) is 3.83. The van der Waals surface area contributed by atoms with Gasteiger partial charge in [0, 0.05) is 23.0 Å². The standard InChI is InChI=1S/C23H23NO3/c1-15-12-21(16(2)24(15)19-10-11-19)22(25)14-27-23(26)13-18-8-5-7-17-6-3-4-9-20(17)18/h3-9,12,19H,10-11,13-14H2,1-2H3. The third-order valence-electron chi connectivity index (χ3n) is 5.28. The number of carbonyl (C=O) groups excluding carboxylic acids is 2. The Kier molecular flexibility index (Phi) is 4.56. The smallest absolute Gasteiger partial charge is 0.310 e. The number of aryl methyl sites for hydroxylation is 1. The molecule has 0 saturated heterocycles. The van der Waals surface area contributed by atoms with E-state index in [0.717, 1.165) is 27.7 Å². The van der Waals surface area contributed by atoms with Gasteiger partial charge < -0.3 is 9.30 Å². The van der Waals surface area contributed by atoms with Crippen LogP contribution in [0.5, 0.6) is 0 Å². The van der Waals surface area contributed by atoms with Gasteiger partial charge in [0.1, 0.15) is 0 Å². The van der Waals surface area contributed by atoms with Crippen molar-refractivity contribution >= 4 is 22.5 Å². The van der Waals surface area contributed by atoms with E-state index in [9.17, 15) is 9.59 Å². The number of benzene rings is 2. The lowest BCUT2D eigenvalue weighted by Gasteiger charge is -2.08. The molecule has 4 rings (SSSR count). The Balaban J connectivity index is 1.42. The summed E-state index contributed by atoms with van der Waals surface area (Å²) in [4.78, 5) is 24.8. The van der Waals surface area contributed by atoms with E-state index in [2.05, 4.69) is 4.57 Å². The van der Waals surface area contributed by atoms with Crippen LogP contribution in [0.15, 0.2) is 48.5 Å². The molecule has 4 nitrogen and oxygen atoms in total. The third-order valence-corrected chi connectivity index (χ3v) is 5.28. The summed E-state index contributed by atoms with van der Waals surface area (Å²) in [6.45, 7) is 3.78. The Bertz CT molecular complexity index is 1020. The van der Waals surface area contributed by atoms with Crippen LogP contribution in [0.4, 0.5) is 0 Å². The first kappa shape index (κ1) is 17.5. The molecule has 1 aromatic heterocycles. The molecule has 0 radical (unpaired) electrons. The average Bonchev–Trinajstić information content (AvgIpc) is 3.45. The van der Waals surface area contributed by atoms with Gasteiger partial charge in [-0.2, -0.15) is 0 Å². The number of ketones is 1. The minimum absolute atomic E-state index is 0.138. The summed E-state index contributed by atoms with van der Waals surface area (Å²) >= 11 is 0. The van der Waals surface area contributed by atoms with Crippen LogP contribution in [0.1, 0.15) is 46.2 Å². The van der Waals surface area contributed by atoms with Gasteiger partial charge in [-0.15, -0.1) is 0 Å². The van der Waals surface area contributed by atoms with Gasteiger partial charge in [0.25, 0.3) is 0 Å². The lowest BCUT2D eigenvalue weighted by Crippen LogP contribution is -2.16. The van der Waals surface area contributed by atoms with Crippen LogP contribution in [0, 0.1) is 13.8 Å². The van der Waals surface area contributed by atoms with Crippen molar-refractivity contribution in [2.45, 2.75) is 39.2 Å². The highest BCUT2D eigenvalue weighted by atomic mass is 16.5. The lowest BCUT2D eigenvalue weighted by atomic mass is 10.0. The number of ether oxygens (including phenoxy) is 1. The normalized spacial score (nSPS) is 13.7. The first-order valence-electron chi connectivity index (χ1n) is 9.38. The maximum atomic E-state index is 12.6. The van der Waals surface area contributed by atoms with Crippen molar-refractivity contribution in [3.05, 3.63) is 71.0 Å². The molecule has 1 aliphatic carbocycles. The number of esters is 1. The molecule has 0 amide bonds. The number of carbonyl (C=O) groups is 2. The fraction of sp³-hybridized carbons (Fsp3) is 0.304.